The van der Waals surface area contributed by atoms with E-state index < -0.39 is 0 Å². The monoisotopic (exact) mass is 170 g/mol. The van der Waals surface area contributed by atoms with Gasteiger partial charge in [0.15, 0.2) is 0 Å². The van der Waals surface area contributed by atoms with E-state index in [1.54, 1.807) is 0 Å². The Morgan fingerprint density at radius 3 is 1.50 bits per heavy atom. The molecule has 2 fully saturated rings. The van der Waals surface area contributed by atoms with Gasteiger partial charge in [0, 0.05) is 0 Å². The Labute approximate surface area is 73.6 Å². The molecule has 0 heterocycles. The van der Waals surface area contributed by atoms with E-state index in [2.05, 4.69) is 0 Å². The van der Waals surface area contributed by atoms with Gasteiger partial charge in [0.1, 0.15) is 0 Å². The molecule has 0 spiro atoms. The topological polar surface area (TPSA) is 40.5 Å². The minimum absolute atomic E-state index is 0.126. The first-order valence-electron chi connectivity index (χ1n) is 5.15. The van der Waals surface area contributed by atoms with Gasteiger partial charge in [-0.3, -0.25) is 0 Å². The summed E-state index contributed by atoms with van der Waals surface area (Å²) in [5.41, 5.74) is 0. The molecule has 0 aliphatic heterocycles. The lowest BCUT2D eigenvalue weighted by Crippen LogP contribution is -2.42. The second-order valence-corrected chi connectivity index (χ2v) is 4.32. The highest BCUT2D eigenvalue weighted by molar-refractivity contribution is 4.89. The Morgan fingerprint density at radius 1 is 0.667 bits per heavy atom. The third kappa shape index (κ3) is 1.38. The van der Waals surface area contributed by atoms with Gasteiger partial charge in [0.2, 0.25) is 0 Å². The molecule has 70 valence electrons. The minimum Gasteiger partial charge on any atom is -0.393 e. The van der Waals surface area contributed by atoms with Crippen LogP contribution in [-0.4, -0.2) is 22.4 Å². The number of hydrogen-bond donors (Lipinski definition) is 2. The second-order valence-electron chi connectivity index (χ2n) is 4.32. The molecule has 0 aromatic rings. The first kappa shape index (κ1) is 8.52. The molecule has 0 saturated heterocycles. The summed E-state index contributed by atoms with van der Waals surface area (Å²) in [6, 6.07) is 0. The highest BCUT2D eigenvalue weighted by atomic mass is 16.3. The fourth-order valence-electron chi connectivity index (χ4n) is 2.91. The van der Waals surface area contributed by atoms with Crippen molar-refractivity contribution in [3.8, 4) is 0 Å². The lowest BCUT2D eigenvalue weighted by molar-refractivity contribution is -0.0608. The summed E-state index contributed by atoms with van der Waals surface area (Å²) in [5.74, 6) is 0.810. The molecular formula is C10H18O2. The van der Waals surface area contributed by atoms with E-state index >= 15 is 0 Å². The van der Waals surface area contributed by atoms with Crippen LogP contribution < -0.4 is 0 Å². The first-order chi connectivity index (χ1) is 5.79. The fourth-order valence-corrected chi connectivity index (χ4v) is 2.91. The van der Waals surface area contributed by atoms with Crippen LogP contribution in [0.2, 0.25) is 0 Å². The molecule has 2 aliphatic carbocycles. The molecule has 0 bridgehead atoms. The summed E-state index contributed by atoms with van der Waals surface area (Å²) in [5, 5.41) is 19.4. The third-order valence-electron chi connectivity index (χ3n) is 3.62. The maximum absolute atomic E-state index is 9.71. The molecule has 0 aromatic carbocycles. The summed E-state index contributed by atoms with van der Waals surface area (Å²) >= 11 is 0. The summed E-state index contributed by atoms with van der Waals surface area (Å²) < 4.78 is 0. The smallest absolute Gasteiger partial charge is 0.0573 e. The Morgan fingerprint density at radius 2 is 1.08 bits per heavy atom. The van der Waals surface area contributed by atoms with E-state index in [0.29, 0.717) is 11.8 Å². The summed E-state index contributed by atoms with van der Waals surface area (Å²) in [6.45, 7) is 0. The number of aliphatic hydroxyl groups excluding tert-OH is 2. The quantitative estimate of drug-likeness (QED) is 0.575. The van der Waals surface area contributed by atoms with Crippen molar-refractivity contribution in [1.29, 1.82) is 0 Å². The predicted octanol–water partition coefficient (Wildman–Crippen LogP) is 1.31. The van der Waals surface area contributed by atoms with Gasteiger partial charge >= 0.3 is 0 Å². The molecule has 0 amide bonds. The second kappa shape index (κ2) is 3.35. The highest BCUT2D eigenvalue weighted by Crippen LogP contribution is 2.40. The lowest BCUT2D eigenvalue weighted by Gasteiger charge is -2.41. The van der Waals surface area contributed by atoms with Crippen molar-refractivity contribution in [3.63, 3.8) is 0 Å². The summed E-state index contributed by atoms with van der Waals surface area (Å²) in [7, 11) is 0. The highest BCUT2D eigenvalue weighted by Gasteiger charge is 2.38. The predicted molar refractivity (Wildman–Crippen MR) is 46.7 cm³/mol. The van der Waals surface area contributed by atoms with E-state index in [1.165, 1.54) is 12.8 Å². The maximum Gasteiger partial charge on any atom is 0.0573 e. The standard InChI is InChI=1S/C10H18O2/c11-9-5-6-10(12)8-4-2-1-3-7(8)9/h7-12H,1-6H2/t7-,8-,9-,10+/m0/s1. The normalized spacial score (nSPS) is 48.5. The SMILES string of the molecule is O[C@@H]1CC[C@H](O)[C@H]2CCCC[C@@H]21. The van der Waals surface area contributed by atoms with Crippen molar-refractivity contribution in [2.45, 2.75) is 50.7 Å². The van der Waals surface area contributed by atoms with Crippen LogP contribution in [0.5, 0.6) is 0 Å². The van der Waals surface area contributed by atoms with Crippen molar-refractivity contribution < 1.29 is 10.2 Å². The lowest BCUT2D eigenvalue weighted by atomic mass is 9.68. The third-order valence-corrected chi connectivity index (χ3v) is 3.62. The molecule has 2 nitrogen and oxygen atoms in total. The van der Waals surface area contributed by atoms with Gasteiger partial charge in [-0.25, -0.2) is 0 Å². The van der Waals surface area contributed by atoms with E-state index in [1.807, 2.05) is 0 Å². The number of hydrogen-bond acceptors (Lipinski definition) is 2. The number of aliphatic hydroxyl groups is 2. The van der Waals surface area contributed by atoms with Gasteiger partial charge in [-0.1, -0.05) is 12.8 Å². The van der Waals surface area contributed by atoms with Crippen LogP contribution >= 0.6 is 0 Å². The molecule has 2 rings (SSSR count). The van der Waals surface area contributed by atoms with Gasteiger partial charge in [0.05, 0.1) is 12.2 Å². The maximum atomic E-state index is 9.71. The molecular weight excluding hydrogens is 152 g/mol. The molecule has 2 saturated carbocycles. The minimum atomic E-state index is -0.126. The summed E-state index contributed by atoms with van der Waals surface area (Å²) in [4.78, 5) is 0. The van der Waals surface area contributed by atoms with Crippen LogP contribution in [0, 0.1) is 11.8 Å². The van der Waals surface area contributed by atoms with Gasteiger partial charge in [-0.2, -0.15) is 0 Å². The zero-order valence-electron chi connectivity index (χ0n) is 7.45. The molecule has 2 heteroatoms. The van der Waals surface area contributed by atoms with Crippen LogP contribution in [0.25, 0.3) is 0 Å². The van der Waals surface area contributed by atoms with Gasteiger partial charge in [-0.15, -0.1) is 0 Å². The molecule has 4 atom stereocenters. The van der Waals surface area contributed by atoms with Gasteiger partial charge in [0.25, 0.3) is 0 Å². The molecule has 0 unspecified atom stereocenters. The average Bonchev–Trinajstić information content (AvgIpc) is 2.12. The van der Waals surface area contributed by atoms with E-state index in [9.17, 15) is 10.2 Å². The van der Waals surface area contributed by atoms with E-state index in [-0.39, 0.29) is 12.2 Å². The largest absolute Gasteiger partial charge is 0.393 e. The van der Waals surface area contributed by atoms with Crippen molar-refractivity contribution in [1.82, 2.24) is 0 Å². The van der Waals surface area contributed by atoms with Crippen LogP contribution in [0.4, 0.5) is 0 Å². The number of rotatable bonds is 0. The van der Waals surface area contributed by atoms with Crippen LogP contribution in [0.1, 0.15) is 38.5 Å². The van der Waals surface area contributed by atoms with Crippen molar-refractivity contribution in [2.75, 3.05) is 0 Å². The Kier molecular flexibility index (Phi) is 2.37. The molecule has 2 aliphatic rings. The zero-order chi connectivity index (χ0) is 8.55. The van der Waals surface area contributed by atoms with Crippen LogP contribution in [0.15, 0.2) is 0 Å². The van der Waals surface area contributed by atoms with Gasteiger partial charge < -0.3 is 10.2 Å². The number of fused-ring (bicyclic) bond motifs is 1. The van der Waals surface area contributed by atoms with Crippen molar-refractivity contribution >= 4 is 0 Å². The molecule has 2 N–H and O–H groups in total. The Bertz CT molecular complexity index is 140. The van der Waals surface area contributed by atoms with Crippen LogP contribution in [-0.2, 0) is 0 Å². The van der Waals surface area contributed by atoms with E-state index in [0.717, 1.165) is 25.7 Å². The molecule has 0 aromatic heterocycles. The van der Waals surface area contributed by atoms with Crippen molar-refractivity contribution in [2.24, 2.45) is 11.8 Å². The average molecular weight is 170 g/mol. The van der Waals surface area contributed by atoms with Crippen molar-refractivity contribution in [3.05, 3.63) is 0 Å². The van der Waals surface area contributed by atoms with Gasteiger partial charge in [-0.05, 0) is 37.5 Å². The Balaban J connectivity index is 2.05. The van der Waals surface area contributed by atoms with Crippen LogP contribution in [0.3, 0.4) is 0 Å². The fraction of sp³-hybridized carbons (Fsp3) is 1.00. The van der Waals surface area contributed by atoms with E-state index in [4.69, 9.17) is 0 Å². The molecule has 0 radical (unpaired) electrons. The summed E-state index contributed by atoms with van der Waals surface area (Å²) in [6.07, 6.45) is 6.10. The Hall–Kier alpha value is -0.0800. The zero-order valence-corrected chi connectivity index (χ0v) is 7.45. The molecule has 12 heavy (non-hydrogen) atoms. The first-order valence-corrected chi connectivity index (χ1v) is 5.15.